The minimum atomic E-state index is 0.723. The molecule has 0 saturated carbocycles. The second kappa shape index (κ2) is 3.46. The average molecular weight is 275 g/mol. The SMILES string of the molecule is Cc1c(S)ccc(C#N)c1I. The number of hydrogen-bond acceptors (Lipinski definition) is 2. The smallest absolute Gasteiger partial charge is 0.100 e. The van der Waals surface area contributed by atoms with Gasteiger partial charge in [-0.15, -0.1) is 12.6 Å². The van der Waals surface area contributed by atoms with E-state index in [1.807, 2.05) is 13.0 Å². The zero-order valence-corrected chi connectivity index (χ0v) is 8.98. The predicted octanol–water partition coefficient (Wildman–Crippen LogP) is 2.76. The van der Waals surface area contributed by atoms with E-state index in [0.29, 0.717) is 0 Å². The summed E-state index contributed by atoms with van der Waals surface area (Å²) in [4.78, 5) is 0.938. The Hall–Kier alpha value is -0.210. The molecule has 0 spiro atoms. The van der Waals surface area contributed by atoms with Crippen LogP contribution in [0.3, 0.4) is 0 Å². The third-order valence-electron chi connectivity index (χ3n) is 1.48. The molecule has 0 atom stereocenters. The Kier molecular flexibility index (Phi) is 2.79. The van der Waals surface area contributed by atoms with Gasteiger partial charge in [-0.3, -0.25) is 0 Å². The molecule has 1 aromatic rings. The third-order valence-corrected chi connectivity index (χ3v) is 3.35. The summed E-state index contributed by atoms with van der Waals surface area (Å²) in [7, 11) is 0. The zero-order chi connectivity index (χ0) is 8.43. The van der Waals surface area contributed by atoms with Gasteiger partial charge < -0.3 is 0 Å². The van der Waals surface area contributed by atoms with Gasteiger partial charge >= 0.3 is 0 Å². The molecule has 1 nitrogen and oxygen atoms in total. The van der Waals surface area contributed by atoms with Crippen molar-refractivity contribution in [2.24, 2.45) is 0 Å². The molecular formula is C8H6INS. The van der Waals surface area contributed by atoms with Crippen molar-refractivity contribution in [1.29, 1.82) is 5.26 Å². The lowest BCUT2D eigenvalue weighted by Gasteiger charge is -2.02. The van der Waals surface area contributed by atoms with Crippen LogP contribution >= 0.6 is 35.2 Å². The monoisotopic (exact) mass is 275 g/mol. The molecule has 56 valence electrons. The van der Waals surface area contributed by atoms with Gasteiger partial charge in [0.2, 0.25) is 0 Å². The van der Waals surface area contributed by atoms with Crippen LogP contribution in [0.25, 0.3) is 0 Å². The van der Waals surface area contributed by atoms with Crippen molar-refractivity contribution in [3.63, 3.8) is 0 Å². The van der Waals surface area contributed by atoms with Gasteiger partial charge in [0.1, 0.15) is 6.07 Å². The van der Waals surface area contributed by atoms with Crippen molar-refractivity contribution < 1.29 is 0 Å². The van der Waals surface area contributed by atoms with Gasteiger partial charge in [-0.1, -0.05) is 0 Å². The number of benzene rings is 1. The third kappa shape index (κ3) is 1.68. The summed E-state index contributed by atoms with van der Waals surface area (Å²) >= 11 is 6.40. The molecule has 0 fully saturated rings. The lowest BCUT2D eigenvalue weighted by Crippen LogP contribution is -1.87. The molecule has 0 N–H and O–H groups in total. The van der Waals surface area contributed by atoms with Crippen LogP contribution in [0, 0.1) is 21.8 Å². The van der Waals surface area contributed by atoms with Crippen LogP contribution in [-0.2, 0) is 0 Å². The fourth-order valence-corrected chi connectivity index (χ4v) is 1.75. The molecule has 0 bridgehead atoms. The van der Waals surface area contributed by atoms with Crippen molar-refractivity contribution in [1.82, 2.24) is 0 Å². The highest BCUT2D eigenvalue weighted by molar-refractivity contribution is 14.1. The average Bonchev–Trinajstić information content (AvgIpc) is 2.01. The van der Waals surface area contributed by atoms with E-state index in [2.05, 4.69) is 41.3 Å². The van der Waals surface area contributed by atoms with Gasteiger partial charge in [0.15, 0.2) is 0 Å². The van der Waals surface area contributed by atoms with Crippen LogP contribution in [0.1, 0.15) is 11.1 Å². The summed E-state index contributed by atoms with van der Waals surface area (Å²) in [6.07, 6.45) is 0. The summed E-state index contributed by atoms with van der Waals surface area (Å²) in [6, 6.07) is 5.76. The Morgan fingerprint density at radius 3 is 2.73 bits per heavy atom. The maximum Gasteiger partial charge on any atom is 0.100 e. The molecule has 0 saturated heterocycles. The van der Waals surface area contributed by atoms with Crippen LogP contribution < -0.4 is 0 Å². The number of hydrogen-bond donors (Lipinski definition) is 1. The van der Waals surface area contributed by atoms with E-state index in [1.54, 1.807) is 6.07 Å². The molecule has 0 heterocycles. The van der Waals surface area contributed by atoms with E-state index < -0.39 is 0 Å². The molecule has 11 heavy (non-hydrogen) atoms. The zero-order valence-electron chi connectivity index (χ0n) is 5.93. The summed E-state index contributed by atoms with van der Waals surface area (Å²) in [5.41, 5.74) is 1.80. The minimum Gasteiger partial charge on any atom is -0.192 e. The largest absolute Gasteiger partial charge is 0.192 e. The van der Waals surface area contributed by atoms with Crippen LogP contribution in [0.2, 0.25) is 0 Å². The second-order valence-corrected chi connectivity index (χ2v) is 3.74. The molecule has 0 radical (unpaired) electrons. The van der Waals surface area contributed by atoms with E-state index in [-0.39, 0.29) is 0 Å². The number of nitrogens with zero attached hydrogens (tertiary/aromatic N) is 1. The Labute approximate surface area is 85.0 Å². The van der Waals surface area contributed by atoms with E-state index in [9.17, 15) is 0 Å². The Morgan fingerprint density at radius 2 is 2.18 bits per heavy atom. The number of halogens is 1. The van der Waals surface area contributed by atoms with E-state index in [4.69, 9.17) is 5.26 Å². The molecule has 0 unspecified atom stereocenters. The lowest BCUT2D eigenvalue weighted by atomic mass is 10.1. The maximum absolute atomic E-state index is 8.65. The highest BCUT2D eigenvalue weighted by Crippen LogP contribution is 2.22. The normalized spacial score (nSPS) is 9.27. The van der Waals surface area contributed by atoms with E-state index >= 15 is 0 Å². The van der Waals surface area contributed by atoms with Crippen molar-refractivity contribution >= 4 is 35.2 Å². The molecule has 0 aliphatic carbocycles. The predicted molar refractivity (Wildman–Crippen MR) is 55.9 cm³/mol. The Morgan fingerprint density at radius 1 is 1.55 bits per heavy atom. The summed E-state index contributed by atoms with van der Waals surface area (Å²) < 4.78 is 0.998. The lowest BCUT2D eigenvalue weighted by molar-refractivity contribution is 1.26. The van der Waals surface area contributed by atoms with E-state index in [0.717, 1.165) is 19.6 Å². The number of thiol groups is 1. The quantitative estimate of drug-likeness (QED) is 0.571. The van der Waals surface area contributed by atoms with Crippen molar-refractivity contribution in [3.05, 3.63) is 26.8 Å². The second-order valence-electron chi connectivity index (χ2n) is 2.18. The van der Waals surface area contributed by atoms with Crippen molar-refractivity contribution in [2.75, 3.05) is 0 Å². The van der Waals surface area contributed by atoms with E-state index in [1.165, 1.54) is 0 Å². The maximum atomic E-state index is 8.65. The molecule has 0 aliphatic rings. The Balaban J connectivity index is 3.40. The van der Waals surface area contributed by atoms with Gasteiger partial charge in [0, 0.05) is 8.47 Å². The van der Waals surface area contributed by atoms with Crippen LogP contribution in [-0.4, -0.2) is 0 Å². The first-order valence-electron chi connectivity index (χ1n) is 3.05. The first-order valence-corrected chi connectivity index (χ1v) is 4.57. The standard InChI is InChI=1S/C8H6INS/c1-5-7(11)3-2-6(4-10)8(5)9/h2-3,11H,1H3. The van der Waals surface area contributed by atoms with Gasteiger partial charge in [-0.05, 0) is 47.2 Å². The molecule has 0 aromatic heterocycles. The molecule has 0 aliphatic heterocycles. The van der Waals surface area contributed by atoms with Crippen molar-refractivity contribution in [3.8, 4) is 6.07 Å². The molecule has 1 rings (SSSR count). The minimum absolute atomic E-state index is 0.723. The summed E-state index contributed by atoms with van der Waals surface area (Å²) in [6.45, 7) is 1.96. The fraction of sp³-hybridized carbons (Fsp3) is 0.125. The number of nitriles is 1. The molecule has 3 heteroatoms. The first-order chi connectivity index (χ1) is 5.16. The molecule has 1 aromatic carbocycles. The van der Waals surface area contributed by atoms with Gasteiger partial charge in [0.05, 0.1) is 5.56 Å². The highest BCUT2D eigenvalue weighted by Gasteiger charge is 2.03. The van der Waals surface area contributed by atoms with Gasteiger partial charge in [-0.2, -0.15) is 5.26 Å². The fourth-order valence-electron chi connectivity index (χ4n) is 0.761. The van der Waals surface area contributed by atoms with Crippen molar-refractivity contribution in [2.45, 2.75) is 11.8 Å². The van der Waals surface area contributed by atoms with Gasteiger partial charge in [0.25, 0.3) is 0 Å². The molecular weight excluding hydrogens is 269 g/mol. The summed E-state index contributed by atoms with van der Waals surface area (Å²) in [5, 5.41) is 8.65. The van der Waals surface area contributed by atoms with Crippen LogP contribution in [0.15, 0.2) is 17.0 Å². The summed E-state index contributed by atoms with van der Waals surface area (Å²) in [5.74, 6) is 0. The topological polar surface area (TPSA) is 23.8 Å². The first kappa shape index (κ1) is 8.88. The highest BCUT2D eigenvalue weighted by atomic mass is 127. The van der Waals surface area contributed by atoms with Gasteiger partial charge in [-0.25, -0.2) is 0 Å². The Bertz CT molecular complexity index is 328. The number of rotatable bonds is 0. The van der Waals surface area contributed by atoms with Crippen LogP contribution in [0.4, 0.5) is 0 Å². The van der Waals surface area contributed by atoms with Crippen LogP contribution in [0.5, 0.6) is 0 Å². The molecule has 0 amide bonds.